The Morgan fingerprint density at radius 3 is 2.43 bits per heavy atom. The zero-order valence-corrected chi connectivity index (χ0v) is 13.9. The normalized spacial score (nSPS) is 10.6. The molecule has 0 atom stereocenters. The minimum absolute atomic E-state index is 0.663. The third-order valence-corrected chi connectivity index (χ3v) is 3.47. The van der Waals surface area contributed by atoms with Crippen LogP contribution in [0, 0.1) is 0 Å². The summed E-state index contributed by atoms with van der Waals surface area (Å²) in [5, 5.41) is 3.18. The highest BCUT2D eigenvalue weighted by Gasteiger charge is 2.10. The van der Waals surface area contributed by atoms with Gasteiger partial charge in [-0.3, -0.25) is 0 Å². The van der Waals surface area contributed by atoms with E-state index < -0.39 is 0 Å². The maximum Gasteiger partial charge on any atom is 0.165 e. The van der Waals surface area contributed by atoms with Crippen molar-refractivity contribution < 1.29 is 9.47 Å². The van der Waals surface area contributed by atoms with E-state index in [-0.39, 0.29) is 0 Å². The van der Waals surface area contributed by atoms with E-state index in [4.69, 9.17) is 9.47 Å². The number of rotatable bonds is 12. The van der Waals surface area contributed by atoms with Crippen LogP contribution in [-0.4, -0.2) is 20.3 Å². The van der Waals surface area contributed by atoms with Gasteiger partial charge in [0.25, 0.3) is 0 Å². The van der Waals surface area contributed by atoms with Gasteiger partial charge in [-0.25, -0.2) is 0 Å². The fourth-order valence-electron chi connectivity index (χ4n) is 2.38. The van der Waals surface area contributed by atoms with Gasteiger partial charge in [-0.1, -0.05) is 51.2 Å². The monoisotopic (exact) mass is 293 g/mol. The topological polar surface area (TPSA) is 30.5 Å². The molecule has 0 bridgehead atoms. The summed E-state index contributed by atoms with van der Waals surface area (Å²) in [7, 11) is 1.95. The van der Waals surface area contributed by atoms with Crippen LogP contribution in [0.3, 0.4) is 0 Å². The Hall–Kier alpha value is -1.22. The van der Waals surface area contributed by atoms with Crippen LogP contribution in [0.1, 0.15) is 57.9 Å². The second-order valence-electron chi connectivity index (χ2n) is 5.32. The summed E-state index contributed by atoms with van der Waals surface area (Å²) in [5.74, 6) is 1.76. The van der Waals surface area contributed by atoms with Crippen LogP contribution in [0.2, 0.25) is 0 Å². The molecule has 0 radical (unpaired) electrons. The van der Waals surface area contributed by atoms with Crippen molar-refractivity contribution >= 4 is 0 Å². The molecule has 1 aromatic carbocycles. The molecule has 0 amide bonds. The standard InChI is InChI=1S/C18H31NO2/c1-4-6-7-8-9-10-14-21-18-16(15-19-3)12-11-13-17(18)20-5-2/h11-13,19H,4-10,14-15H2,1-3H3. The molecular weight excluding hydrogens is 262 g/mol. The smallest absolute Gasteiger partial charge is 0.165 e. The van der Waals surface area contributed by atoms with Gasteiger partial charge >= 0.3 is 0 Å². The lowest BCUT2D eigenvalue weighted by Gasteiger charge is -2.16. The van der Waals surface area contributed by atoms with Gasteiger partial charge < -0.3 is 14.8 Å². The van der Waals surface area contributed by atoms with Crippen LogP contribution >= 0.6 is 0 Å². The van der Waals surface area contributed by atoms with E-state index in [1.807, 2.05) is 26.1 Å². The van der Waals surface area contributed by atoms with E-state index in [9.17, 15) is 0 Å². The SMILES string of the molecule is CCCCCCCCOc1c(CNC)cccc1OCC. The Labute approximate surface area is 130 Å². The molecule has 3 heteroatoms. The summed E-state index contributed by atoms with van der Waals surface area (Å²) in [6.45, 7) is 6.48. The van der Waals surface area contributed by atoms with Gasteiger partial charge in [0.05, 0.1) is 13.2 Å². The summed E-state index contributed by atoms with van der Waals surface area (Å²) in [5.41, 5.74) is 1.16. The molecule has 0 unspecified atom stereocenters. The zero-order valence-electron chi connectivity index (χ0n) is 13.9. The largest absolute Gasteiger partial charge is 0.490 e. The predicted octanol–water partition coefficient (Wildman–Crippen LogP) is 4.54. The quantitative estimate of drug-likeness (QED) is 0.574. The minimum Gasteiger partial charge on any atom is -0.490 e. The third-order valence-electron chi connectivity index (χ3n) is 3.47. The number of nitrogens with one attached hydrogen (secondary N) is 1. The Morgan fingerprint density at radius 2 is 1.71 bits per heavy atom. The molecule has 0 saturated carbocycles. The van der Waals surface area contributed by atoms with Gasteiger partial charge in [0, 0.05) is 12.1 Å². The Bertz CT molecular complexity index is 355. The van der Waals surface area contributed by atoms with Crippen molar-refractivity contribution in [1.82, 2.24) is 5.32 Å². The van der Waals surface area contributed by atoms with Crippen LogP contribution in [-0.2, 0) is 6.54 Å². The summed E-state index contributed by atoms with van der Waals surface area (Å²) in [6.07, 6.45) is 7.66. The average Bonchev–Trinajstić information content (AvgIpc) is 2.49. The average molecular weight is 293 g/mol. The van der Waals surface area contributed by atoms with Crippen molar-refractivity contribution in [2.45, 2.75) is 58.9 Å². The van der Waals surface area contributed by atoms with E-state index in [2.05, 4.69) is 18.3 Å². The fraction of sp³-hybridized carbons (Fsp3) is 0.667. The van der Waals surface area contributed by atoms with Gasteiger partial charge in [0.2, 0.25) is 0 Å². The summed E-state index contributed by atoms with van der Waals surface area (Å²) >= 11 is 0. The molecule has 1 N–H and O–H groups in total. The van der Waals surface area contributed by atoms with Crippen LogP contribution in [0.25, 0.3) is 0 Å². The lowest BCUT2D eigenvalue weighted by atomic mass is 10.1. The van der Waals surface area contributed by atoms with Crippen molar-refractivity contribution in [3.8, 4) is 11.5 Å². The van der Waals surface area contributed by atoms with Gasteiger partial charge in [0.1, 0.15) is 0 Å². The summed E-state index contributed by atoms with van der Waals surface area (Å²) in [4.78, 5) is 0. The van der Waals surface area contributed by atoms with Crippen LogP contribution < -0.4 is 14.8 Å². The van der Waals surface area contributed by atoms with Crippen LogP contribution in [0.5, 0.6) is 11.5 Å². The Kier molecular flexibility index (Phi) is 9.71. The number of hydrogen-bond donors (Lipinski definition) is 1. The first-order valence-corrected chi connectivity index (χ1v) is 8.35. The Morgan fingerprint density at radius 1 is 0.952 bits per heavy atom. The highest BCUT2D eigenvalue weighted by atomic mass is 16.5. The molecule has 0 fully saturated rings. The highest BCUT2D eigenvalue weighted by molar-refractivity contribution is 5.46. The molecule has 0 spiro atoms. The van der Waals surface area contributed by atoms with E-state index >= 15 is 0 Å². The molecule has 120 valence electrons. The van der Waals surface area contributed by atoms with Gasteiger partial charge in [-0.05, 0) is 26.5 Å². The van der Waals surface area contributed by atoms with Crippen LogP contribution in [0.15, 0.2) is 18.2 Å². The fourth-order valence-corrected chi connectivity index (χ4v) is 2.38. The second kappa shape index (κ2) is 11.4. The Balaban J connectivity index is 2.47. The number of para-hydroxylation sites is 1. The van der Waals surface area contributed by atoms with E-state index in [1.165, 1.54) is 32.1 Å². The van der Waals surface area contributed by atoms with E-state index in [1.54, 1.807) is 0 Å². The number of hydrogen-bond acceptors (Lipinski definition) is 3. The van der Waals surface area contributed by atoms with Gasteiger partial charge in [-0.15, -0.1) is 0 Å². The van der Waals surface area contributed by atoms with Crippen molar-refractivity contribution in [2.24, 2.45) is 0 Å². The van der Waals surface area contributed by atoms with Gasteiger partial charge in [-0.2, -0.15) is 0 Å². The minimum atomic E-state index is 0.663. The molecule has 3 nitrogen and oxygen atoms in total. The highest BCUT2D eigenvalue weighted by Crippen LogP contribution is 2.31. The van der Waals surface area contributed by atoms with Crippen molar-refractivity contribution in [3.05, 3.63) is 23.8 Å². The molecule has 0 saturated heterocycles. The number of ether oxygens (including phenoxy) is 2. The summed E-state index contributed by atoms with van der Waals surface area (Å²) in [6, 6.07) is 6.10. The molecule has 1 aromatic rings. The van der Waals surface area contributed by atoms with E-state index in [0.717, 1.165) is 36.6 Å². The maximum atomic E-state index is 6.01. The molecule has 0 aliphatic heterocycles. The molecule has 0 aliphatic rings. The van der Waals surface area contributed by atoms with Crippen molar-refractivity contribution in [3.63, 3.8) is 0 Å². The third kappa shape index (κ3) is 6.85. The van der Waals surface area contributed by atoms with Crippen molar-refractivity contribution in [1.29, 1.82) is 0 Å². The molecule has 1 rings (SSSR count). The number of unbranched alkanes of at least 4 members (excludes halogenated alkanes) is 5. The zero-order chi connectivity index (χ0) is 15.3. The lowest BCUT2D eigenvalue weighted by Crippen LogP contribution is -2.09. The number of benzene rings is 1. The first-order valence-electron chi connectivity index (χ1n) is 8.35. The summed E-state index contributed by atoms with van der Waals surface area (Å²) < 4.78 is 11.7. The first-order chi connectivity index (χ1) is 10.3. The van der Waals surface area contributed by atoms with Crippen molar-refractivity contribution in [2.75, 3.05) is 20.3 Å². The molecule has 0 heterocycles. The second-order valence-corrected chi connectivity index (χ2v) is 5.32. The lowest BCUT2D eigenvalue weighted by molar-refractivity contribution is 0.267. The van der Waals surface area contributed by atoms with Gasteiger partial charge in [0.15, 0.2) is 11.5 Å². The van der Waals surface area contributed by atoms with Crippen LogP contribution in [0.4, 0.5) is 0 Å². The van der Waals surface area contributed by atoms with E-state index in [0.29, 0.717) is 6.61 Å². The first kappa shape index (κ1) is 17.8. The molecule has 0 aromatic heterocycles. The molecule has 0 aliphatic carbocycles. The predicted molar refractivity (Wildman–Crippen MR) is 89.2 cm³/mol. The molecule has 21 heavy (non-hydrogen) atoms. The molecular formula is C18H31NO2. The maximum absolute atomic E-state index is 6.01.